The second-order valence-corrected chi connectivity index (χ2v) is 6.50. The number of halogens is 1. The Bertz CT molecular complexity index is 732. The van der Waals surface area contributed by atoms with Crippen molar-refractivity contribution >= 4 is 27.1 Å². The number of rotatable bonds is 4. The largest absolute Gasteiger partial charge is 0.497 e. The van der Waals surface area contributed by atoms with Crippen molar-refractivity contribution in [3.63, 3.8) is 0 Å². The number of methoxy groups -OCH3 is 1. The molecule has 20 heavy (non-hydrogen) atoms. The van der Waals surface area contributed by atoms with Crippen molar-refractivity contribution < 1.29 is 13.2 Å². The summed E-state index contributed by atoms with van der Waals surface area (Å²) in [5.74, 6) is 0.185. The molecule has 0 saturated heterocycles. The van der Waals surface area contributed by atoms with Crippen molar-refractivity contribution in [2.24, 2.45) is 0 Å². The van der Waals surface area contributed by atoms with E-state index in [9.17, 15) is 8.42 Å². The molecule has 0 saturated carbocycles. The second-order valence-electron chi connectivity index (χ2n) is 4.13. The van der Waals surface area contributed by atoms with Crippen LogP contribution >= 0.6 is 11.6 Å². The van der Waals surface area contributed by atoms with E-state index in [1.807, 2.05) is 0 Å². The molecule has 0 aliphatic heterocycles. The number of hydrogen-bond donors (Lipinski definition) is 1. The minimum absolute atomic E-state index is 0.0322. The highest BCUT2D eigenvalue weighted by atomic mass is 35.5. The zero-order valence-electron chi connectivity index (χ0n) is 10.7. The summed E-state index contributed by atoms with van der Waals surface area (Å²) < 4.78 is 29.9. The van der Waals surface area contributed by atoms with E-state index in [4.69, 9.17) is 22.1 Å². The lowest BCUT2D eigenvalue weighted by Crippen LogP contribution is -2.08. The lowest BCUT2D eigenvalue weighted by atomic mass is 10.3. The number of hydrogen-bond acceptors (Lipinski definition) is 5. The Morgan fingerprint density at radius 3 is 2.75 bits per heavy atom. The molecule has 0 atom stereocenters. The third-order valence-corrected chi connectivity index (χ3v) is 4.81. The number of sulfone groups is 1. The summed E-state index contributed by atoms with van der Waals surface area (Å²) in [4.78, 5) is 3.85. The van der Waals surface area contributed by atoms with Crippen molar-refractivity contribution in [1.29, 1.82) is 0 Å². The molecule has 0 aliphatic carbocycles. The van der Waals surface area contributed by atoms with Gasteiger partial charge < -0.3 is 10.5 Å². The van der Waals surface area contributed by atoms with Crippen LogP contribution in [0.2, 0.25) is 5.02 Å². The van der Waals surface area contributed by atoms with E-state index in [1.165, 1.54) is 31.6 Å². The first-order valence-electron chi connectivity index (χ1n) is 5.68. The Kier molecular flexibility index (Phi) is 4.15. The van der Waals surface area contributed by atoms with Gasteiger partial charge in [0, 0.05) is 18.5 Å². The maximum Gasteiger partial charge on any atom is 0.184 e. The van der Waals surface area contributed by atoms with Gasteiger partial charge in [-0.1, -0.05) is 11.6 Å². The molecule has 0 unspecified atom stereocenters. The minimum Gasteiger partial charge on any atom is -0.497 e. The Hall–Kier alpha value is -1.79. The van der Waals surface area contributed by atoms with E-state index >= 15 is 0 Å². The highest BCUT2D eigenvalue weighted by Crippen LogP contribution is 2.28. The lowest BCUT2D eigenvalue weighted by molar-refractivity contribution is 0.413. The van der Waals surface area contributed by atoms with Crippen molar-refractivity contribution in [2.45, 2.75) is 10.6 Å². The summed E-state index contributed by atoms with van der Waals surface area (Å²) in [6, 6.07) is 6.07. The van der Waals surface area contributed by atoms with Gasteiger partial charge in [-0.15, -0.1) is 0 Å². The summed E-state index contributed by atoms with van der Waals surface area (Å²) >= 11 is 5.93. The number of ether oxygens (including phenoxy) is 1. The summed E-state index contributed by atoms with van der Waals surface area (Å²) in [5.41, 5.74) is 6.39. The molecule has 2 N–H and O–H groups in total. The van der Waals surface area contributed by atoms with Gasteiger partial charge in [-0.3, -0.25) is 4.98 Å². The Morgan fingerprint density at radius 1 is 1.35 bits per heavy atom. The van der Waals surface area contributed by atoms with Crippen LogP contribution in [0.4, 0.5) is 5.69 Å². The minimum atomic E-state index is -3.62. The molecule has 0 bridgehead atoms. The Labute approximate surface area is 122 Å². The van der Waals surface area contributed by atoms with Crippen molar-refractivity contribution in [3.8, 4) is 5.75 Å². The molecule has 2 aromatic rings. The predicted molar refractivity (Wildman–Crippen MR) is 77.5 cm³/mol. The first-order valence-corrected chi connectivity index (χ1v) is 7.72. The maximum absolute atomic E-state index is 12.4. The van der Waals surface area contributed by atoms with Gasteiger partial charge in [0.15, 0.2) is 9.84 Å². The molecule has 7 heteroatoms. The molecule has 1 aromatic carbocycles. The molecular weight excluding hydrogens is 300 g/mol. The zero-order chi connectivity index (χ0) is 14.8. The molecule has 0 fully saturated rings. The highest BCUT2D eigenvalue weighted by Gasteiger charge is 2.20. The molecule has 1 aromatic heterocycles. The number of aromatic nitrogens is 1. The fraction of sp³-hybridized carbons (Fsp3) is 0.154. The van der Waals surface area contributed by atoms with E-state index in [0.717, 1.165) is 0 Å². The predicted octanol–water partition coefficient (Wildman–Crippen LogP) is 2.30. The van der Waals surface area contributed by atoms with Crippen LogP contribution in [0, 0.1) is 0 Å². The number of nitrogens with two attached hydrogens (primary N) is 1. The molecular formula is C13H13ClN2O3S. The number of pyridine rings is 1. The first kappa shape index (κ1) is 14.6. The van der Waals surface area contributed by atoms with E-state index in [2.05, 4.69) is 4.98 Å². The number of nitrogens with zero attached hydrogens (tertiary/aromatic N) is 1. The van der Waals surface area contributed by atoms with Crippen LogP contribution in [-0.2, 0) is 15.6 Å². The monoisotopic (exact) mass is 312 g/mol. The van der Waals surface area contributed by atoms with Gasteiger partial charge in [0.25, 0.3) is 0 Å². The van der Waals surface area contributed by atoms with Crippen molar-refractivity contribution in [3.05, 3.63) is 47.2 Å². The van der Waals surface area contributed by atoms with Crippen LogP contribution in [-0.4, -0.2) is 20.5 Å². The fourth-order valence-electron chi connectivity index (χ4n) is 1.71. The molecule has 0 aliphatic rings. The highest BCUT2D eigenvalue weighted by molar-refractivity contribution is 7.90. The third-order valence-electron chi connectivity index (χ3n) is 2.76. The van der Waals surface area contributed by atoms with Gasteiger partial charge in [0.2, 0.25) is 0 Å². The Morgan fingerprint density at radius 2 is 2.10 bits per heavy atom. The average molecular weight is 313 g/mol. The summed E-state index contributed by atoms with van der Waals surface area (Å²) in [7, 11) is -2.16. The number of nitrogen functional groups attached to an aromatic ring is 1. The van der Waals surface area contributed by atoms with Gasteiger partial charge in [0.05, 0.1) is 28.5 Å². The topological polar surface area (TPSA) is 82.3 Å². The van der Waals surface area contributed by atoms with Crippen LogP contribution in [0.25, 0.3) is 0 Å². The van der Waals surface area contributed by atoms with Crippen molar-refractivity contribution in [2.75, 3.05) is 12.8 Å². The van der Waals surface area contributed by atoms with Crippen LogP contribution in [0.3, 0.4) is 0 Å². The fourth-order valence-corrected chi connectivity index (χ4v) is 3.52. The summed E-state index contributed by atoms with van der Waals surface area (Å²) in [6.45, 7) is 0. The molecule has 0 radical (unpaired) electrons. The Balaban J connectivity index is 2.43. The van der Waals surface area contributed by atoms with E-state index in [-0.39, 0.29) is 16.3 Å². The van der Waals surface area contributed by atoms with Crippen LogP contribution in [0.5, 0.6) is 5.75 Å². The molecule has 1 heterocycles. The van der Waals surface area contributed by atoms with Crippen molar-refractivity contribution in [1.82, 2.24) is 4.98 Å². The van der Waals surface area contributed by atoms with Gasteiger partial charge in [0.1, 0.15) is 5.75 Å². The smallest absolute Gasteiger partial charge is 0.184 e. The van der Waals surface area contributed by atoms with Gasteiger partial charge in [-0.25, -0.2) is 8.42 Å². The van der Waals surface area contributed by atoms with Crippen LogP contribution < -0.4 is 10.5 Å². The quantitative estimate of drug-likeness (QED) is 0.876. The van der Waals surface area contributed by atoms with E-state index in [0.29, 0.717) is 16.3 Å². The normalized spacial score (nSPS) is 11.3. The SMILES string of the molecule is COc1ccc(N)c(S(=O)(=O)Cc2ccncc2Cl)c1. The van der Waals surface area contributed by atoms with Crippen LogP contribution in [0.15, 0.2) is 41.6 Å². The molecule has 0 amide bonds. The van der Waals surface area contributed by atoms with Gasteiger partial charge in [-0.2, -0.15) is 0 Å². The lowest BCUT2D eigenvalue weighted by Gasteiger charge is -2.10. The number of anilines is 1. The second kappa shape index (κ2) is 5.68. The number of benzene rings is 1. The maximum atomic E-state index is 12.4. The first-order chi connectivity index (χ1) is 9.44. The standard InChI is InChI=1S/C13H13ClN2O3S/c1-19-10-2-3-12(15)13(6-10)20(17,18)8-9-4-5-16-7-11(9)14/h2-7H,8,15H2,1H3. The zero-order valence-corrected chi connectivity index (χ0v) is 12.3. The third kappa shape index (κ3) is 3.02. The van der Waals surface area contributed by atoms with Gasteiger partial charge >= 0.3 is 0 Å². The summed E-state index contributed by atoms with van der Waals surface area (Å²) in [5, 5.41) is 0.303. The summed E-state index contributed by atoms with van der Waals surface area (Å²) in [6.07, 6.45) is 2.90. The molecule has 0 spiro atoms. The molecule has 106 valence electrons. The van der Waals surface area contributed by atoms with E-state index in [1.54, 1.807) is 12.1 Å². The van der Waals surface area contributed by atoms with Gasteiger partial charge in [-0.05, 0) is 23.8 Å². The molecule has 2 rings (SSSR count). The van der Waals surface area contributed by atoms with Crippen LogP contribution in [0.1, 0.15) is 5.56 Å². The average Bonchev–Trinajstić information content (AvgIpc) is 2.41. The van der Waals surface area contributed by atoms with E-state index < -0.39 is 9.84 Å². The molecule has 5 nitrogen and oxygen atoms in total.